The molecule has 0 bridgehead atoms. The first-order chi connectivity index (χ1) is 16.5. The number of nitrogens with zero attached hydrogens (tertiary/aromatic N) is 1. The van der Waals surface area contributed by atoms with E-state index in [-0.39, 0.29) is 40.8 Å². The Labute approximate surface area is 197 Å². The highest BCUT2D eigenvalue weighted by atomic mass is 32.2. The van der Waals surface area contributed by atoms with Crippen molar-refractivity contribution in [1.82, 2.24) is 15.0 Å². The van der Waals surface area contributed by atoms with Crippen LogP contribution < -0.4 is 14.8 Å². The lowest BCUT2D eigenvalue weighted by Crippen LogP contribution is -2.31. The summed E-state index contributed by atoms with van der Waals surface area (Å²) in [5.74, 6) is -1.59. The van der Waals surface area contributed by atoms with Gasteiger partial charge in [-0.25, -0.2) is 13.1 Å². The highest BCUT2D eigenvalue weighted by molar-refractivity contribution is 7.90. The number of sulfonamides is 1. The van der Waals surface area contributed by atoms with E-state index < -0.39 is 33.6 Å². The Hall–Kier alpha value is -3.97. The highest BCUT2D eigenvalue weighted by Gasteiger charge is 2.30. The number of amides is 2. The quantitative estimate of drug-likeness (QED) is 0.425. The first-order valence-electron chi connectivity index (χ1n) is 9.87. The molecule has 13 heteroatoms. The predicted molar refractivity (Wildman–Crippen MR) is 116 cm³/mol. The first-order valence-corrected chi connectivity index (χ1v) is 11.4. The molecule has 0 aliphatic heterocycles. The number of aliphatic hydroxyl groups excluding tert-OH is 1. The van der Waals surface area contributed by atoms with Gasteiger partial charge in [0.2, 0.25) is 0 Å². The summed E-state index contributed by atoms with van der Waals surface area (Å²) in [6.45, 7) is -0.243. The Morgan fingerprint density at radius 2 is 1.69 bits per heavy atom. The Morgan fingerprint density at radius 3 is 2.29 bits per heavy atom. The van der Waals surface area contributed by atoms with Gasteiger partial charge >= 0.3 is 6.18 Å². The molecule has 0 aliphatic carbocycles. The third kappa shape index (κ3) is 6.77. The number of nitrogens with one attached hydrogen (secondary N) is 2. The zero-order valence-corrected chi connectivity index (χ0v) is 18.6. The van der Waals surface area contributed by atoms with Crippen LogP contribution in [0.3, 0.4) is 0 Å². The summed E-state index contributed by atoms with van der Waals surface area (Å²) >= 11 is 0. The van der Waals surface area contributed by atoms with Crippen molar-refractivity contribution in [1.29, 1.82) is 0 Å². The molecule has 2 aromatic carbocycles. The fourth-order valence-electron chi connectivity index (χ4n) is 2.72. The molecule has 3 rings (SSSR count). The molecule has 0 unspecified atom stereocenters. The second kappa shape index (κ2) is 10.5. The van der Waals surface area contributed by atoms with E-state index in [9.17, 15) is 31.2 Å². The number of ether oxygens (including phenoxy) is 1. The average molecular weight is 509 g/mol. The number of carbonyl (C=O) groups is 2. The molecule has 0 spiro atoms. The monoisotopic (exact) mass is 509 g/mol. The fourth-order valence-corrected chi connectivity index (χ4v) is 3.70. The van der Waals surface area contributed by atoms with Crippen LogP contribution in [0.4, 0.5) is 13.2 Å². The highest BCUT2D eigenvalue weighted by Crippen LogP contribution is 2.32. The van der Waals surface area contributed by atoms with Crippen molar-refractivity contribution in [2.45, 2.75) is 11.1 Å². The van der Waals surface area contributed by atoms with Gasteiger partial charge in [0.1, 0.15) is 17.2 Å². The molecule has 1 aromatic heterocycles. The molecule has 3 N–H and O–H groups in total. The molecule has 184 valence electrons. The molecule has 0 fully saturated rings. The number of alkyl halides is 3. The molecule has 35 heavy (non-hydrogen) atoms. The molecule has 2 amide bonds. The Kier molecular flexibility index (Phi) is 7.71. The van der Waals surface area contributed by atoms with Gasteiger partial charge in [0.15, 0.2) is 0 Å². The van der Waals surface area contributed by atoms with Crippen LogP contribution in [0.25, 0.3) is 0 Å². The first kappa shape index (κ1) is 25.6. The van der Waals surface area contributed by atoms with Gasteiger partial charge in [-0.05, 0) is 54.6 Å². The summed E-state index contributed by atoms with van der Waals surface area (Å²) in [4.78, 5) is 27.6. The van der Waals surface area contributed by atoms with Crippen molar-refractivity contribution >= 4 is 21.8 Å². The summed E-state index contributed by atoms with van der Waals surface area (Å²) in [5, 5.41) is 11.1. The molecule has 0 radical (unpaired) electrons. The summed E-state index contributed by atoms with van der Waals surface area (Å²) in [6.07, 6.45) is -3.53. The largest absolute Gasteiger partial charge is 0.457 e. The van der Waals surface area contributed by atoms with Gasteiger partial charge in [-0.2, -0.15) is 13.2 Å². The molecular weight excluding hydrogens is 491 g/mol. The second-order valence-corrected chi connectivity index (χ2v) is 8.63. The van der Waals surface area contributed by atoms with Gasteiger partial charge < -0.3 is 15.2 Å². The lowest BCUT2D eigenvalue weighted by Gasteiger charge is -2.11. The molecule has 3 aromatic rings. The van der Waals surface area contributed by atoms with Crippen LogP contribution >= 0.6 is 0 Å². The Morgan fingerprint density at radius 1 is 0.971 bits per heavy atom. The lowest BCUT2D eigenvalue weighted by atomic mass is 10.2. The normalized spacial score (nSPS) is 11.5. The number of benzene rings is 2. The number of hydrogen-bond acceptors (Lipinski definition) is 7. The van der Waals surface area contributed by atoms with Crippen molar-refractivity contribution in [2.24, 2.45) is 0 Å². The molecule has 0 saturated heterocycles. The number of hydrogen-bond donors (Lipinski definition) is 3. The van der Waals surface area contributed by atoms with Crippen LogP contribution in [0.5, 0.6) is 11.5 Å². The SMILES string of the molecule is O=C(NS(=O)(=O)c1ccc(Oc2cccc(C(F)(F)F)c2)cc1)c1ccc(C(=O)NCCO)nc1. The summed E-state index contributed by atoms with van der Waals surface area (Å²) in [7, 11) is -4.30. The second-order valence-electron chi connectivity index (χ2n) is 6.95. The van der Waals surface area contributed by atoms with E-state index in [4.69, 9.17) is 9.84 Å². The minimum atomic E-state index is -4.54. The summed E-state index contributed by atoms with van der Waals surface area (Å²) in [6, 6.07) is 11.3. The van der Waals surface area contributed by atoms with Gasteiger partial charge in [0.05, 0.1) is 22.6 Å². The number of rotatable bonds is 8. The predicted octanol–water partition coefficient (Wildman–Crippen LogP) is 2.73. The molecule has 1 heterocycles. The van der Waals surface area contributed by atoms with Crippen LogP contribution in [-0.2, 0) is 16.2 Å². The van der Waals surface area contributed by atoms with Crippen molar-refractivity contribution < 1.29 is 41.0 Å². The van der Waals surface area contributed by atoms with E-state index in [0.29, 0.717) is 0 Å². The Balaban J connectivity index is 1.67. The molecular formula is C22H18F3N3O6S. The van der Waals surface area contributed by atoms with Crippen LogP contribution in [0.15, 0.2) is 71.8 Å². The summed E-state index contributed by atoms with van der Waals surface area (Å²) < 4.78 is 70.8. The van der Waals surface area contributed by atoms with Crippen LogP contribution in [0, 0.1) is 0 Å². The zero-order chi connectivity index (χ0) is 25.6. The number of aromatic nitrogens is 1. The van der Waals surface area contributed by atoms with Gasteiger partial charge in [-0.15, -0.1) is 0 Å². The third-order valence-corrected chi connectivity index (χ3v) is 5.76. The maximum atomic E-state index is 12.8. The molecule has 0 aliphatic rings. The lowest BCUT2D eigenvalue weighted by molar-refractivity contribution is -0.137. The number of pyridine rings is 1. The maximum absolute atomic E-state index is 12.8. The van der Waals surface area contributed by atoms with E-state index >= 15 is 0 Å². The van der Waals surface area contributed by atoms with Crippen molar-refractivity contribution in [3.63, 3.8) is 0 Å². The van der Waals surface area contributed by atoms with E-state index in [1.54, 1.807) is 0 Å². The van der Waals surface area contributed by atoms with Crippen molar-refractivity contribution in [3.8, 4) is 11.5 Å². The van der Waals surface area contributed by atoms with Gasteiger partial charge in [-0.3, -0.25) is 14.6 Å². The third-order valence-electron chi connectivity index (χ3n) is 4.41. The van der Waals surface area contributed by atoms with Crippen molar-refractivity contribution in [2.75, 3.05) is 13.2 Å². The number of carbonyl (C=O) groups excluding carboxylic acids is 2. The standard InChI is InChI=1S/C22H18F3N3O6S/c23-22(24,25)15-2-1-3-17(12-15)34-16-5-7-18(8-6-16)35(32,33)28-20(30)14-4-9-19(27-13-14)21(31)26-10-11-29/h1-9,12-13,29H,10-11H2,(H,26,31)(H,28,30). The average Bonchev–Trinajstić information content (AvgIpc) is 2.82. The molecule has 9 nitrogen and oxygen atoms in total. The summed E-state index contributed by atoms with van der Waals surface area (Å²) in [5.41, 5.74) is -1.06. The zero-order valence-electron chi connectivity index (χ0n) is 17.7. The topological polar surface area (TPSA) is 135 Å². The van der Waals surface area contributed by atoms with E-state index in [2.05, 4.69) is 10.3 Å². The molecule has 0 saturated carbocycles. The van der Waals surface area contributed by atoms with Gasteiger partial charge in [-0.1, -0.05) is 6.07 Å². The minimum Gasteiger partial charge on any atom is -0.457 e. The smallest absolute Gasteiger partial charge is 0.416 e. The van der Waals surface area contributed by atoms with Crippen molar-refractivity contribution in [3.05, 3.63) is 83.7 Å². The van der Waals surface area contributed by atoms with Crippen LogP contribution in [0.2, 0.25) is 0 Å². The van der Waals surface area contributed by atoms with Crippen LogP contribution in [-0.4, -0.2) is 43.5 Å². The van der Waals surface area contributed by atoms with Gasteiger partial charge in [0.25, 0.3) is 21.8 Å². The minimum absolute atomic E-state index is 0.0186. The number of halogens is 3. The number of aliphatic hydroxyl groups is 1. The maximum Gasteiger partial charge on any atom is 0.416 e. The fraction of sp³-hybridized carbons (Fsp3) is 0.136. The van der Waals surface area contributed by atoms with Gasteiger partial charge in [0, 0.05) is 12.7 Å². The van der Waals surface area contributed by atoms with Crippen LogP contribution in [0.1, 0.15) is 26.4 Å². The van der Waals surface area contributed by atoms with E-state index in [0.717, 1.165) is 30.5 Å². The van der Waals surface area contributed by atoms with E-state index in [1.807, 2.05) is 4.72 Å². The van der Waals surface area contributed by atoms with E-state index in [1.165, 1.54) is 36.4 Å². The molecule has 0 atom stereocenters. The Bertz CT molecular complexity index is 1310.